The molecule has 1 aromatic carbocycles. The summed E-state index contributed by atoms with van der Waals surface area (Å²) in [6.45, 7) is 1.09. The molecule has 0 atom stereocenters. The van der Waals surface area contributed by atoms with Crippen LogP contribution in [0, 0.1) is 11.3 Å². The molecule has 1 aliphatic heterocycles. The number of likely N-dealkylation sites (N-methyl/N-ethyl adjacent to an activating group) is 1. The number of aromatic nitrogens is 1. The molecule has 0 radical (unpaired) electrons. The van der Waals surface area contributed by atoms with E-state index in [2.05, 4.69) is 4.72 Å². The fourth-order valence-corrected chi connectivity index (χ4v) is 3.50. The second kappa shape index (κ2) is 5.44. The first kappa shape index (κ1) is 15.1. The summed E-state index contributed by atoms with van der Waals surface area (Å²) in [7, 11) is -2.15. The summed E-state index contributed by atoms with van der Waals surface area (Å²) in [4.78, 5) is 13.6. The molecule has 1 amide bonds. The van der Waals surface area contributed by atoms with Crippen LogP contribution in [0.15, 0.2) is 41.4 Å². The van der Waals surface area contributed by atoms with Gasteiger partial charge < -0.3 is 9.47 Å². The van der Waals surface area contributed by atoms with E-state index in [1.165, 1.54) is 18.3 Å². The first-order chi connectivity index (χ1) is 10.9. The van der Waals surface area contributed by atoms with Crippen LogP contribution in [0.25, 0.3) is 0 Å². The Morgan fingerprint density at radius 2 is 2.04 bits per heavy atom. The average Bonchev–Trinajstić information content (AvgIpc) is 2.97. The molecule has 1 aliphatic rings. The molecule has 0 fully saturated rings. The monoisotopic (exact) mass is 330 g/mol. The highest BCUT2D eigenvalue weighted by molar-refractivity contribution is 7.92. The Labute approximate surface area is 133 Å². The summed E-state index contributed by atoms with van der Waals surface area (Å²) in [6.07, 6.45) is 1.46. The molecule has 7 nitrogen and oxygen atoms in total. The van der Waals surface area contributed by atoms with E-state index in [0.29, 0.717) is 30.0 Å². The second-order valence-corrected chi connectivity index (χ2v) is 6.96. The van der Waals surface area contributed by atoms with Gasteiger partial charge in [-0.2, -0.15) is 5.26 Å². The highest BCUT2D eigenvalue weighted by atomic mass is 32.2. The zero-order valence-electron chi connectivity index (χ0n) is 12.4. The Morgan fingerprint density at radius 1 is 1.26 bits per heavy atom. The summed E-state index contributed by atoms with van der Waals surface area (Å²) in [5, 5.41) is 8.87. The van der Waals surface area contributed by atoms with Gasteiger partial charge in [0.1, 0.15) is 10.6 Å². The summed E-state index contributed by atoms with van der Waals surface area (Å²) in [5.74, 6) is -0.204. The van der Waals surface area contributed by atoms with Gasteiger partial charge in [0.05, 0.1) is 17.3 Å². The summed E-state index contributed by atoms with van der Waals surface area (Å²) < 4.78 is 29.0. The second-order valence-electron chi connectivity index (χ2n) is 5.28. The fraction of sp³-hybridized carbons (Fsp3) is 0.200. The van der Waals surface area contributed by atoms with Crippen molar-refractivity contribution in [3.05, 3.63) is 47.8 Å². The van der Waals surface area contributed by atoms with Gasteiger partial charge in [0.15, 0.2) is 0 Å². The largest absolute Gasteiger partial charge is 0.340 e. The van der Waals surface area contributed by atoms with Crippen LogP contribution < -0.4 is 4.72 Å². The van der Waals surface area contributed by atoms with Crippen LogP contribution in [0.5, 0.6) is 0 Å². The van der Waals surface area contributed by atoms with Crippen LogP contribution in [0.1, 0.15) is 16.1 Å². The number of anilines is 1. The third-order valence-electron chi connectivity index (χ3n) is 3.67. The Bertz CT molecular complexity index is 924. The van der Waals surface area contributed by atoms with Crippen LogP contribution in [-0.4, -0.2) is 37.4 Å². The lowest BCUT2D eigenvalue weighted by Gasteiger charge is -2.23. The maximum absolute atomic E-state index is 12.5. The Hall–Kier alpha value is -2.79. The topological polar surface area (TPSA) is 95.2 Å². The van der Waals surface area contributed by atoms with Gasteiger partial charge in [-0.05, 0) is 24.3 Å². The molecule has 0 unspecified atom stereocenters. The minimum absolute atomic E-state index is 0.0264. The Kier molecular flexibility index (Phi) is 3.58. The third-order valence-corrected chi connectivity index (χ3v) is 5.02. The number of nitriles is 1. The van der Waals surface area contributed by atoms with Gasteiger partial charge in [0, 0.05) is 26.3 Å². The van der Waals surface area contributed by atoms with E-state index in [1.807, 2.05) is 6.07 Å². The van der Waals surface area contributed by atoms with Crippen molar-refractivity contribution in [2.24, 2.45) is 0 Å². The van der Waals surface area contributed by atoms with Crippen LogP contribution >= 0.6 is 0 Å². The number of rotatable bonds is 3. The molecule has 2 aromatic rings. The van der Waals surface area contributed by atoms with Crippen molar-refractivity contribution in [3.63, 3.8) is 0 Å². The SMILES string of the molecule is CN1CCn2cc(S(=O)(=O)Nc3cccc(C#N)c3)cc2C1=O. The van der Waals surface area contributed by atoms with E-state index < -0.39 is 10.0 Å². The van der Waals surface area contributed by atoms with Crippen molar-refractivity contribution in [3.8, 4) is 6.07 Å². The number of nitrogens with one attached hydrogen (secondary N) is 1. The average molecular weight is 330 g/mol. The van der Waals surface area contributed by atoms with Gasteiger partial charge in [0.2, 0.25) is 0 Å². The zero-order valence-corrected chi connectivity index (χ0v) is 13.2. The van der Waals surface area contributed by atoms with Crippen LogP contribution in [-0.2, 0) is 16.6 Å². The number of hydrogen-bond donors (Lipinski definition) is 1. The predicted octanol–water partition coefficient (Wildman–Crippen LogP) is 1.25. The van der Waals surface area contributed by atoms with Crippen molar-refractivity contribution in [1.29, 1.82) is 5.26 Å². The molecule has 2 heterocycles. The van der Waals surface area contributed by atoms with E-state index in [9.17, 15) is 13.2 Å². The highest BCUT2D eigenvalue weighted by Crippen LogP contribution is 2.22. The predicted molar refractivity (Wildman–Crippen MR) is 83.4 cm³/mol. The lowest BCUT2D eigenvalue weighted by Crippen LogP contribution is -2.36. The van der Waals surface area contributed by atoms with Gasteiger partial charge in [-0.3, -0.25) is 9.52 Å². The zero-order chi connectivity index (χ0) is 16.6. The first-order valence-corrected chi connectivity index (χ1v) is 8.37. The molecule has 3 rings (SSSR count). The minimum atomic E-state index is -3.82. The molecule has 8 heteroatoms. The summed E-state index contributed by atoms with van der Waals surface area (Å²) in [5.41, 5.74) is 1.01. The van der Waals surface area contributed by atoms with E-state index in [-0.39, 0.29) is 10.8 Å². The number of nitrogens with zero attached hydrogens (tertiary/aromatic N) is 3. The van der Waals surface area contributed by atoms with Gasteiger partial charge in [-0.15, -0.1) is 0 Å². The molecule has 118 valence electrons. The highest BCUT2D eigenvalue weighted by Gasteiger charge is 2.26. The summed E-state index contributed by atoms with van der Waals surface area (Å²) in [6, 6.07) is 9.52. The molecular formula is C15H14N4O3S. The maximum atomic E-state index is 12.5. The quantitative estimate of drug-likeness (QED) is 0.916. The molecular weight excluding hydrogens is 316 g/mol. The van der Waals surface area contributed by atoms with Gasteiger partial charge in [-0.1, -0.05) is 6.07 Å². The van der Waals surface area contributed by atoms with Gasteiger partial charge in [0.25, 0.3) is 15.9 Å². The molecule has 1 aromatic heterocycles. The molecule has 0 aliphatic carbocycles. The van der Waals surface area contributed by atoms with E-state index in [1.54, 1.807) is 34.7 Å². The van der Waals surface area contributed by atoms with Crippen molar-refractivity contribution >= 4 is 21.6 Å². The summed E-state index contributed by atoms with van der Waals surface area (Å²) >= 11 is 0. The fourth-order valence-electron chi connectivity index (χ4n) is 2.42. The number of amides is 1. The van der Waals surface area contributed by atoms with E-state index >= 15 is 0 Å². The van der Waals surface area contributed by atoms with Crippen LogP contribution in [0.2, 0.25) is 0 Å². The maximum Gasteiger partial charge on any atom is 0.270 e. The van der Waals surface area contributed by atoms with Crippen molar-refractivity contribution < 1.29 is 13.2 Å². The van der Waals surface area contributed by atoms with Gasteiger partial charge in [-0.25, -0.2) is 8.42 Å². The molecule has 0 saturated heterocycles. The number of sulfonamides is 1. The van der Waals surface area contributed by atoms with E-state index in [0.717, 1.165) is 0 Å². The normalized spacial score (nSPS) is 14.3. The smallest absolute Gasteiger partial charge is 0.270 e. The number of fused-ring (bicyclic) bond motifs is 1. The Balaban J connectivity index is 1.93. The number of hydrogen-bond acceptors (Lipinski definition) is 4. The Morgan fingerprint density at radius 3 is 2.78 bits per heavy atom. The number of carbonyl (C=O) groups is 1. The van der Waals surface area contributed by atoms with Crippen LogP contribution in [0.3, 0.4) is 0 Å². The number of benzene rings is 1. The minimum Gasteiger partial charge on any atom is -0.340 e. The molecule has 23 heavy (non-hydrogen) atoms. The van der Waals surface area contributed by atoms with Gasteiger partial charge >= 0.3 is 0 Å². The first-order valence-electron chi connectivity index (χ1n) is 6.89. The third kappa shape index (κ3) is 2.78. The van der Waals surface area contributed by atoms with Crippen molar-refractivity contribution in [2.75, 3.05) is 18.3 Å². The van der Waals surface area contributed by atoms with E-state index in [4.69, 9.17) is 5.26 Å². The number of carbonyl (C=O) groups excluding carboxylic acids is 1. The molecule has 1 N–H and O–H groups in total. The standard InChI is InChI=1S/C15H14N4O3S/c1-18-5-6-19-10-13(8-14(19)15(18)20)23(21,22)17-12-4-2-3-11(7-12)9-16/h2-4,7-8,10,17H,5-6H2,1H3. The lowest BCUT2D eigenvalue weighted by atomic mass is 10.2. The molecule has 0 spiro atoms. The van der Waals surface area contributed by atoms with Crippen LogP contribution in [0.4, 0.5) is 5.69 Å². The molecule has 0 saturated carbocycles. The molecule has 0 bridgehead atoms. The van der Waals surface area contributed by atoms with Crippen molar-refractivity contribution in [2.45, 2.75) is 11.4 Å². The van der Waals surface area contributed by atoms with Crippen molar-refractivity contribution in [1.82, 2.24) is 9.47 Å². The lowest BCUT2D eigenvalue weighted by molar-refractivity contribution is 0.0749.